The zero-order valence-corrected chi connectivity index (χ0v) is 16.0. The summed E-state index contributed by atoms with van der Waals surface area (Å²) in [5.41, 5.74) is 4.33. The topological polar surface area (TPSA) is 61.3 Å². The second kappa shape index (κ2) is 7.52. The van der Waals surface area contributed by atoms with E-state index in [0.29, 0.717) is 18.9 Å². The molecule has 0 radical (unpaired) electrons. The number of ketones is 1. The molecule has 4 rings (SSSR count). The summed E-state index contributed by atoms with van der Waals surface area (Å²) in [5.74, 6) is 0.808. The largest absolute Gasteiger partial charge is 0.487 e. The van der Waals surface area contributed by atoms with Crippen LogP contribution >= 0.6 is 0 Å². The van der Waals surface area contributed by atoms with Crippen molar-refractivity contribution in [1.82, 2.24) is 9.97 Å². The highest BCUT2D eigenvalue weighted by molar-refractivity contribution is 5.90. The molecule has 5 heteroatoms. The van der Waals surface area contributed by atoms with Crippen molar-refractivity contribution < 1.29 is 14.3 Å². The van der Waals surface area contributed by atoms with Gasteiger partial charge in [0.1, 0.15) is 12.4 Å². The van der Waals surface area contributed by atoms with Gasteiger partial charge in [-0.2, -0.15) is 0 Å². The van der Waals surface area contributed by atoms with Crippen molar-refractivity contribution >= 4 is 5.78 Å². The Hall–Kier alpha value is -3.05. The summed E-state index contributed by atoms with van der Waals surface area (Å²) in [6.45, 7) is 5.20. The molecule has 0 unspecified atom stereocenters. The Bertz CT molecular complexity index is 977. The van der Waals surface area contributed by atoms with Crippen molar-refractivity contribution in [1.29, 1.82) is 0 Å². The van der Waals surface area contributed by atoms with E-state index in [-0.39, 0.29) is 23.6 Å². The Morgan fingerprint density at radius 2 is 1.68 bits per heavy atom. The van der Waals surface area contributed by atoms with Crippen LogP contribution in [0, 0.1) is 6.92 Å². The van der Waals surface area contributed by atoms with E-state index < -0.39 is 0 Å². The third-order valence-electron chi connectivity index (χ3n) is 5.12. The van der Waals surface area contributed by atoms with Crippen molar-refractivity contribution in [2.75, 3.05) is 13.2 Å². The van der Waals surface area contributed by atoms with Gasteiger partial charge in [0.2, 0.25) is 0 Å². The first-order valence-corrected chi connectivity index (χ1v) is 9.28. The number of hydrogen-bond acceptors (Lipinski definition) is 5. The van der Waals surface area contributed by atoms with Gasteiger partial charge < -0.3 is 9.47 Å². The van der Waals surface area contributed by atoms with Gasteiger partial charge >= 0.3 is 0 Å². The minimum atomic E-state index is -0.157. The number of carbonyl (C=O) groups excluding carboxylic acids is 1. The summed E-state index contributed by atoms with van der Waals surface area (Å²) in [7, 11) is 0. The fourth-order valence-corrected chi connectivity index (χ4v) is 3.35. The van der Waals surface area contributed by atoms with Crippen molar-refractivity contribution in [2.24, 2.45) is 0 Å². The van der Waals surface area contributed by atoms with Crippen LogP contribution in [-0.4, -0.2) is 29.0 Å². The molecule has 142 valence electrons. The number of rotatable bonds is 6. The fourth-order valence-electron chi connectivity index (χ4n) is 3.35. The molecule has 0 N–H and O–H groups in total. The van der Waals surface area contributed by atoms with E-state index in [4.69, 9.17) is 9.47 Å². The Kier molecular flexibility index (Phi) is 4.92. The number of carbonyl (C=O) groups is 1. The molecule has 0 atom stereocenters. The number of aromatic nitrogens is 2. The molecule has 1 fully saturated rings. The lowest BCUT2D eigenvalue weighted by molar-refractivity contribution is -0.0380. The molecule has 5 nitrogen and oxygen atoms in total. The first kappa shape index (κ1) is 18.3. The van der Waals surface area contributed by atoms with Gasteiger partial charge in [0, 0.05) is 13.1 Å². The van der Waals surface area contributed by atoms with Gasteiger partial charge in [-0.3, -0.25) is 4.79 Å². The Balaban J connectivity index is 1.48. The SMILES string of the molecule is CC(=O)c1nccc(COc2ccc(C3(c4ccc(C)cc4)COC3)cc2)n1. The molecule has 0 amide bonds. The van der Waals surface area contributed by atoms with Crippen LogP contribution < -0.4 is 4.74 Å². The minimum absolute atomic E-state index is 0.0880. The lowest BCUT2D eigenvalue weighted by Gasteiger charge is -2.42. The van der Waals surface area contributed by atoms with E-state index in [9.17, 15) is 4.79 Å². The molecular weight excluding hydrogens is 352 g/mol. The molecule has 0 saturated carbocycles. The smallest absolute Gasteiger partial charge is 0.196 e. The van der Waals surface area contributed by atoms with Gasteiger partial charge in [0.05, 0.1) is 24.3 Å². The molecule has 0 bridgehead atoms. The van der Waals surface area contributed by atoms with E-state index in [1.807, 2.05) is 12.1 Å². The van der Waals surface area contributed by atoms with Crippen LogP contribution in [0.4, 0.5) is 0 Å². The Morgan fingerprint density at radius 1 is 1.04 bits per heavy atom. The third kappa shape index (κ3) is 3.53. The van der Waals surface area contributed by atoms with E-state index in [1.54, 1.807) is 12.3 Å². The number of Topliss-reactive ketones (excluding diaryl/α,β-unsaturated/α-hetero) is 1. The van der Waals surface area contributed by atoms with Crippen molar-refractivity contribution in [3.05, 3.63) is 89.0 Å². The number of nitrogens with zero attached hydrogens (tertiary/aromatic N) is 2. The molecular formula is C23H22N2O3. The summed E-state index contributed by atoms with van der Waals surface area (Å²) >= 11 is 0. The molecule has 1 aliphatic heterocycles. The number of hydrogen-bond donors (Lipinski definition) is 0. The standard InChI is InChI=1S/C23H22N2O3/c1-16-3-5-18(6-4-16)23(14-27-15-23)19-7-9-21(10-8-19)28-13-20-11-12-24-22(25-20)17(2)26/h3-12H,13-15H2,1-2H3. The summed E-state index contributed by atoms with van der Waals surface area (Å²) in [5, 5.41) is 0. The summed E-state index contributed by atoms with van der Waals surface area (Å²) in [6, 6.07) is 18.5. The highest BCUT2D eigenvalue weighted by atomic mass is 16.5. The normalized spacial score (nSPS) is 14.9. The zero-order valence-electron chi connectivity index (χ0n) is 16.0. The predicted octanol–water partition coefficient (Wildman–Crippen LogP) is 3.88. The average molecular weight is 374 g/mol. The predicted molar refractivity (Wildman–Crippen MR) is 106 cm³/mol. The van der Waals surface area contributed by atoms with Crippen LogP contribution in [0.1, 0.15) is 39.9 Å². The number of benzene rings is 2. The summed E-state index contributed by atoms with van der Waals surface area (Å²) < 4.78 is 11.4. The second-order valence-electron chi connectivity index (χ2n) is 7.18. The van der Waals surface area contributed by atoms with Gasteiger partial charge in [-0.1, -0.05) is 42.0 Å². The Morgan fingerprint density at radius 3 is 2.25 bits per heavy atom. The van der Waals surface area contributed by atoms with Crippen LogP contribution in [0.5, 0.6) is 5.75 Å². The maximum atomic E-state index is 11.4. The second-order valence-corrected chi connectivity index (χ2v) is 7.18. The quantitative estimate of drug-likeness (QED) is 0.613. The molecule has 3 aromatic rings. The van der Waals surface area contributed by atoms with Crippen molar-refractivity contribution in [3.63, 3.8) is 0 Å². The number of ether oxygens (including phenoxy) is 2. The van der Waals surface area contributed by atoms with Crippen molar-refractivity contribution in [2.45, 2.75) is 25.9 Å². The first-order chi connectivity index (χ1) is 13.6. The third-order valence-corrected chi connectivity index (χ3v) is 5.12. The van der Waals surface area contributed by atoms with Crippen LogP contribution in [0.2, 0.25) is 0 Å². The van der Waals surface area contributed by atoms with Gasteiger partial charge in [0.25, 0.3) is 0 Å². The zero-order chi connectivity index (χ0) is 19.6. The first-order valence-electron chi connectivity index (χ1n) is 9.28. The highest BCUT2D eigenvalue weighted by Gasteiger charge is 2.41. The molecule has 0 aliphatic carbocycles. The molecule has 2 heterocycles. The molecule has 28 heavy (non-hydrogen) atoms. The van der Waals surface area contributed by atoms with Gasteiger partial charge in [0.15, 0.2) is 11.6 Å². The summed E-state index contributed by atoms with van der Waals surface area (Å²) in [6.07, 6.45) is 1.58. The monoisotopic (exact) mass is 374 g/mol. The molecule has 1 aliphatic rings. The van der Waals surface area contributed by atoms with Gasteiger partial charge in [-0.05, 0) is 36.2 Å². The Labute approximate surface area is 164 Å². The molecule has 1 aromatic heterocycles. The van der Waals surface area contributed by atoms with E-state index >= 15 is 0 Å². The fraction of sp³-hybridized carbons (Fsp3) is 0.261. The highest BCUT2D eigenvalue weighted by Crippen LogP contribution is 2.39. The molecule has 1 saturated heterocycles. The van der Waals surface area contributed by atoms with E-state index in [2.05, 4.69) is 53.3 Å². The van der Waals surface area contributed by atoms with Gasteiger partial charge in [-0.15, -0.1) is 0 Å². The molecule has 0 spiro atoms. The lowest BCUT2D eigenvalue weighted by Crippen LogP contribution is -2.47. The average Bonchev–Trinajstić information content (AvgIpc) is 2.68. The number of aryl methyl sites for hydroxylation is 1. The minimum Gasteiger partial charge on any atom is -0.487 e. The maximum Gasteiger partial charge on any atom is 0.196 e. The molecule has 2 aromatic carbocycles. The van der Waals surface area contributed by atoms with Crippen LogP contribution in [0.3, 0.4) is 0 Å². The summed E-state index contributed by atoms with van der Waals surface area (Å²) in [4.78, 5) is 19.6. The van der Waals surface area contributed by atoms with Crippen LogP contribution in [-0.2, 0) is 16.8 Å². The van der Waals surface area contributed by atoms with Gasteiger partial charge in [-0.25, -0.2) is 9.97 Å². The maximum absolute atomic E-state index is 11.4. The van der Waals surface area contributed by atoms with Crippen molar-refractivity contribution in [3.8, 4) is 5.75 Å². The van der Waals surface area contributed by atoms with Crippen LogP contribution in [0.25, 0.3) is 0 Å². The lowest BCUT2D eigenvalue weighted by atomic mass is 9.73. The van der Waals surface area contributed by atoms with E-state index in [0.717, 1.165) is 5.75 Å². The van der Waals surface area contributed by atoms with Crippen LogP contribution in [0.15, 0.2) is 60.8 Å². The van der Waals surface area contributed by atoms with E-state index in [1.165, 1.54) is 23.6 Å².